The van der Waals surface area contributed by atoms with Gasteiger partial charge in [-0.3, -0.25) is 4.98 Å². The number of hydrogen-bond donors (Lipinski definition) is 2. The average Bonchev–Trinajstić information content (AvgIpc) is 2.55. The van der Waals surface area contributed by atoms with Crippen molar-refractivity contribution in [2.24, 2.45) is 0 Å². The predicted octanol–water partition coefficient (Wildman–Crippen LogP) is 2.77. The molecule has 2 N–H and O–H groups in total. The van der Waals surface area contributed by atoms with E-state index in [0.29, 0.717) is 10.2 Å². The van der Waals surface area contributed by atoms with Gasteiger partial charge in [0, 0.05) is 17.1 Å². The highest BCUT2D eigenvalue weighted by molar-refractivity contribution is 9.10. The summed E-state index contributed by atoms with van der Waals surface area (Å²) in [5.41, 5.74) is 1.37. The number of amides is 1. The predicted molar refractivity (Wildman–Crippen MR) is 86.8 cm³/mol. The lowest BCUT2D eigenvalue weighted by Crippen LogP contribution is -2.42. The quantitative estimate of drug-likeness (QED) is 0.806. The highest BCUT2D eigenvalue weighted by atomic mass is 79.9. The molecule has 0 aliphatic heterocycles. The fraction of sp³-hybridized carbons (Fsp3) is 0.188. The number of carbonyl (C=O) groups is 2. The number of rotatable bonds is 6. The average molecular weight is 379 g/mol. The molecule has 1 amide bonds. The van der Waals surface area contributed by atoms with Gasteiger partial charge in [-0.05, 0) is 33.6 Å². The van der Waals surface area contributed by atoms with Crippen LogP contribution in [-0.2, 0) is 22.6 Å². The highest BCUT2D eigenvalue weighted by Gasteiger charge is 2.22. The molecule has 6 nitrogen and oxygen atoms in total. The molecule has 7 heteroatoms. The van der Waals surface area contributed by atoms with Crippen LogP contribution in [0.2, 0.25) is 0 Å². The summed E-state index contributed by atoms with van der Waals surface area (Å²) in [5.74, 6) is -1.15. The zero-order valence-corrected chi connectivity index (χ0v) is 13.7. The molecule has 2 aromatic rings. The van der Waals surface area contributed by atoms with Gasteiger partial charge in [0.25, 0.3) is 0 Å². The molecule has 1 aromatic heterocycles. The number of hydrogen-bond acceptors (Lipinski definition) is 4. The summed E-state index contributed by atoms with van der Waals surface area (Å²) in [7, 11) is 0. The van der Waals surface area contributed by atoms with Crippen molar-refractivity contribution in [1.82, 2.24) is 10.3 Å². The van der Waals surface area contributed by atoms with Gasteiger partial charge < -0.3 is 15.2 Å². The van der Waals surface area contributed by atoms with Crippen molar-refractivity contribution in [2.45, 2.75) is 19.1 Å². The Hall–Kier alpha value is -2.41. The number of ether oxygens (including phenoxy) is 1. The molecule has 1 aromatic carbocycles. The summed E-state index contributed by atoms with van der Waals surface area (Å²) in [5, 5.41) is 11.6. The third-order valence-electron chi connectivity index (χ3n) is 3.04. The summed E-state index contributed by atoms with van der Waals surface area (Å²) >= 11 is 3.30. The molecule has 0 saturated carbocycles. The van der Waals surface area contributed by atoms with E-state index < -0.39 is 18.1 Å². The second-order valence-electron chi connectivity index (χ2n) is 4.73. The monoisotopic (exact) mass is 378 g/mol. The Morgan fingerprint density at radius 1 is 1.22 bits per heavy atom. The van der Waals surface area contributed by atoms with Crippen LogP contribution in [0.4, 0.5) is 4.79 Å². The first-order valence-electron chi connectivity index (χ1n) is 6.85. The van der Waals surface area contributed by atoms with E-state index in [4.69, 9.17) is 4.74 Å². The fourth-order valence-electron chi connectivity index (χ4n) is 1.87. The number of nitrogens with zero attached hydrogens (tertiary/aromatic N) is 1. The number of carbonyl (C=O) groups excluding carboxylic acids is 1. The number of carboxylic acids is 1. The Labute approximate surface area is 141 Å². The molecule has 120 valence electrons. The second-order valence-corrected chi connectivity index (χ2v) is 5.59. The van der Waals surface area contributed by atoms with Gasteiger partial charge in [0.15, 0.2) is 0 Å². The molecule has 1 heterocycles. The van der Waals surface area contributed by atoms with Crippen LogP contribution in [0.15, 0.2) is 53.1 Å². The summed E-state index contributed by atoms with van der Waals surface area (Å²) in [6.45, 7) is 0.0757. The van der Waals surface area contributed by atoms with Gasteiger partial charge in [0.05, 0.1) is 5.69 Å². The van der Waals surface area contributed by atoms with E-state index in [1.165, 1.54) is 0 Å². The van der Waals surface area contributed by atoms with E-state index in [1.54, 1.807) is 18.3 Å². The largest absolute Gasteiger partial charge is 0.480 e. The minimum atomic E-state index is -1.15. The second kappa shape index (κ2) is 8.28. The topological polar surface area (TPSA) is 88.5 Å². The van der Waals surface area contributed by atoms with Crippen molar-refractivity contribution >= 4 is 28.0 Å². The summed E-state index contributed by atoms with van der Waals surface area (Å²) < 4.78 is 5.72. The van der Waals surface area contributed by atoms with Crippen LogP contribution in [0.3, 0.4) is 0 Å². The van der Waals surface area contributed by atoms with Crippen LogP contribution in [0.5, 0.6) is 0 Å². The van der Waals surface area contributed by atoms with Crippen molar-refractivity contribution in [2.75, 3.05) is 0 Å². The van der Waals surface area contributed by atoms with Crippen LogP contribution < -0.4 is 5.32 Å². The lowest BCUT2D eigenvalue weighted by atomic mass is 10.1. The molecule has 0 aliphatic carbocycles. The van der Waals surface area contributed by atoms with Gasteiger partial charge in [0.1, 0.15) is 12.6 Å². The Bertz CT molecular complexity index is 679. The first-order chi connectivity index (χ1) is 11.1. The first-order valence-corrected chi connectivity index (χ1v) is 7.65. The van der Waals surface area contributed by atoms with Crippen molar-refractivity contribution in [3.63, 3.8) is 0 Å². The van der Waals surface area contributed by atoms with Crippen molar-refractivity contribution in [3.05, 3.63) is 64.4 Å². The molecule has 0 radical (unpaired) electrons. The van der Waals surface area contributed by atoms with Crippen LogP contribution in [0.25, 0.3) is 0 Å². The minimum Gasteiger partial charge on any atom is -0.480 e. The maximum absolute atomic E-state index is 11.8. The van der Waals surface area contributed by atoms with Gasteiger partial charge in [0.2, 0.25) is 0 Å². The van der Waals surface area contributed by atoms with Gasteiger partial charge in [-0.15, -0.1) is 0 Å². The molecule has 0 spiro atoms. The van der Waals surface area contributed by atoms with E-state index in [-0.39, 0.29) is 13.0 Å². The Morgan fingerprint density at radius 2 is 1.96 bits per heavy atom. The van der Waals surface area contributed by atoms with Crippen LogP contribution >= 0.6 is 15.9 Å². The summed E-state index contributed by atoms with van der Waals surface area (Å²) in [6, 6.07) is 11.5. The lowest BCUT2D eigenvalue weighted by Gasteiger charge is -2.15. The number of aromatic nitrogens is 1. The SMILES string of the molecule is O=C(NC(Cc1ncccc1Br)C(=O)O)OCc1ccccc1. The minimum absolute atomic E-state index is 0.0528. The number of aliphatic carboxylic acids is 1. The van der Waals surface area contributed by atoms with Gasteiger partial charge in [-0.25, -0.2) is 9.59 Å². The maximum Gasteiger partial charge on any atom is 0.408 e. The Balaban J connectivity index is 1.92. The van der Waals surface area contributed by atoms with Gasteiger partial charge in [-0.2, -0.15) is 0 Å². The molecular weight excluding hydrogens is 364 g/mol. The molecule has 0 aliphatic rings. The maximum atomic E-state index is 11.8. The van der Waals surface area contributed by atoms with E-state index in [9.17, 15) is 14.7 Å². The van der Waals surface area contributed by atoms with E-state index in [1.807, 2.05) is 30.3 Å². The van der Waals surface area contributed by atoms with Crippen molar-refractivity contribution in [1.29, 1.82) is 0 Å². The normalized spacial score (nSPS) is 11.5. The smallest absolute Gasteiger partial charge is 0.408 e. The number of nitrogens with one attached hydrogen (secondary N) is 1. The number of pyridine rings is 1. The molecule has 1 atom stereocenters. The first kappa shape index (κ1) is 17.0. The van der Waals surface area contributed by atoms with E-state index >= 15 is 0 Å². The zero-order chi connectivity index (χ0) is 16.7. The standard InChI is InChI=1S/C16H15BrN2O4/c17-12-7-4-8-18-13(12)9-14(15(20)21)19-16(22)23-10-11-5-2-1-3-6-11/h1-8,14H,9-10H2,(H,19,22)(H,20,21). The van der Waals surface area contributed by atoms with Crippen molar-refractivity contribution in [3.8, 4) is 0 Å². The van der Waals surface area contributed by atoms with Crippen LogP contribution in [0, 0.1) is 0 Å². The third kappa shape index (κ3) is 5.37. The summed E-state index contributed by atoms with van der Waals surface area (Å²) in [6.07, 6.45) is 0.831. The lowest BCUT2D eigenvalue weighted by molar-refractivity contribution is -0.139. The molecule has 0 fully saturated rings. The molecule has 0 bridgehead atoms. The number of alkyl carbamates (subject to hydrolysis) is 1. The highest BCUT2D eigenvalue weighted by Crippen LogP contribution is 2.15. The Morgan fingerprint density at radius 3 is 2.61 bits per heavy atom. The van der Waals surface area contributed by atoms with Gasteiger partial charge >= 0.3 is 12.1 Å². The van der Waals surface area contributed by atoms with Crippen LogP contribution in [-0.4, -0.2) is 28.2 Å². The number of carboxylic acid groups (broad SMARTS) is 1. The molecule has 1 unspecified atom stereocenters. The molecule has 0 saturated heterocycles. The molecule has 23 heavy (non-hydrogen) atoms. The van der Waals surface area contributed by atoms with Gasteiger partial charge in [-0.1, -0.05) is 30.3 Å². The number of halogens is 1. The zero-order valence-electron chi connectivity index (χ0n) is 12.1. The van der Waals surface area contributed by atoms with Crippen LogP contribution in [0.1, 0.15) is 11.3 Å². The van der Waals surface area contributed by atoms with Crippen molar-refractivity contribution < 1.29 is 19.4 Å². The molecule has 2 rings (SSSR count). The number of benzene rings is 1. The molecular formula is C16H15BrN2O4. The third-order valence-corrected chi connectivity index (χ3v) is 3.76. The fourth-order valence-corrected chi connectivity index (χ4v) is 2.29. The Kier molecular flexibility index (Phi) is 6.10. The van der Waals surface area contributed by atoms with E-state index in [0.717, 1.165) is 5.56 Å². The summed E-state index contributed by atoms with van der Waals surface area (Å²) in [4.78, 5) is 27.2. The van der Waals surface area contributed by atoms with E-state index in [2.05, 4.69) is 26.2 Å².